The number of hydrogen-bond acceptors (Lipinski definition) is 3. The minimum absolute atomic E-state index is 0.0207. The van der Waals surface area contributed by atoms with E-state index in [0.29, 0.717) is 0 Å². The molecule has 0 bridgehead atoms. The number of benzene rings is 1. The summed E-state index contributed by atoms with van der Waals surface area (Å²) in [7, 11) is 0. The summed E-state index contributed by atoms with van der Waals surface area (Å²) in [6, 6.07) is 6.27. The Kier molecular flexibility index (Phi) is 5.02. The average Bonchev–Trinajstić information content (AvgIpc) is 2.49. The van der Waals surface area contributed by atoms with Gasteiger partial charge < -0.3 is 10.1 Å². The van der Waals surface area contributed by atoms with Crippen LogP contribution in [-0.4, -0.2) is 17.4 Å². The molecule has 5 heteroatoms. The van der Waals surface area contributed by atoms with Crippen molar-refractivity contribution in [1.82, 2.24) is 5.32 Å². The zero-order chi connectivity index (χ0) is 14.8. The standard InChI is InChI=1S/C15H20BrNO2S/c1-15(2,3)19-14(18)17-12-5-4-8-20-13-7-6-10(16)9-11(12)13/h6-7,9,12H,4-5,8H2,1-3H3,(H,17,18). The van der Waals surface area contributed by atoms with Gasteiger partial charge in [-0.05, 0) is 63.1 Å². The maximum atomic E-state index is 12.0. The van der Waals surface area contributed by atoms with Gasteiger partial charge in [0.2, 0.25) is 0 Å². The van der Waals surface area contributed by atoms with Crippen molar-refractivity contribution in [3.63, 3.8) is 0 Å². The third-order valence-electron chi connectivity index (χ3n) is 2.93. The van der Waals surface area contributed by atoms with Crippen LogP contribution in [0.1, 0.15) is 45.2 Å². The molecule has 1 unspecified atom stereocenters. The third kappa shape index (κ3) is 4.42. The first-order valence-electron chi connectivity index (χ1n) is 6.77. The van der Waals surface area contributed by atoms with E-state index in [1.54, 1.807) is 0 Å². The molecule has 0 saturated carbocycles. The number of carbonyl (C=O) groups excluding carboxylic acids is 1. The molecule has 1 aromatic rings. The number of ether oxygens (including phenoxy) is 1. The summed E-state index contributed by atoms with van der Waals surface area (Å²) in [5, 5.41) is 3.00. The molecule has 1 aliphatic heterocycles. The lowest BCUT2D eigenvalue weighted by Crippen LogP contribution is -2.35. The lowest BCUT2D eigenvalue weighted by Gasteiger charge is -2.24. The van der Waals surface area contributed by atoms with E-state index in [4.69, 9.17) is 4.74 Å². The van der Waals surface area contributed by atoms with Crippen LogP contribution in [-0.2, 0) is 4.74 Å². The van der Waals surface area contributed by atoms with Gasteiger partial charge in [0, 0.05) is 9.37 Å². The number of alkyl carbamates (subject to hydrolysis) is 1. The summed E-state index contributed by atoms with van der Waals surface area (Å²) in [5.41, 5.74) is 0.705. The first kappa shape index (κ1) is 15.7. The summed E-state index contributed by atoms with van der Waals surface area (Å²) in [4.78, 5) is 13.2. The van der Waals surface area contributed by atoms with E-state index in [1.807, 2.05) is 38.6 Å². The van der Waals surface area contributed by atoms with Gasteiger partial charge in [0.1, 0.15) is 5.60 Å². The number of rotatable bonds is 1. The number of carbonyl (C=O) groups is 1. The first-order valence-corrected chi connectivity index (χ1v) is 8.55. The Hall–Kier alpha value is -0.680. The van der Waals surface area contributed by atoms with Crippen LogP contribution in [0, 0.1) is 0 Å². The molecule has 2 rings (SSSR count). The molecular weight excluding hydrogens is 338 g/mol. The van der Waals surface area contributed by atoms with Crippen molar-refractivity contribution in [3.8, 4) is 0 Å². The van der Waals surface area contributed by atoms with Crippen molar-refractivity contribution in [2.75, 3.05) is 5.75 Å². The molecule has 0 saturated heterocycles. The van der Waals surface area contributed by atoms with Crippen LogP contribution >= 0.6 is 27.7 Å². The maximum Gasteiger partial charge on any atom is 0.408 e. The molecule has 0 radical (unpaired) electrons. The predicted octanol–water partition coefficient (Wildman–Crippen LogP) is 4.90. The lowest BCUT2D eigenvalue weighted by molar-refractivity contribution is 0.0500. The van der Waals surface area contributed by atoms with Crippen LogP contribution in [0.4, 0.5) is 4.79 Å². The smallest absolute Gasteiger partial charge is 0.408 e. The number of nitrogens with one attached hydrogen (secondary N) is 1. The Bertz CT molecular complexity index is 499. The number of amides is 1. The van der Waals surface area contributed by atoms with E-state index >= 15 is 0 Å². The van der Waals surface area contributed by atoms with Crippen molar-refractivity contribution in [2.24, 2.45) is 0 Å². The molecule has 20 heavy (non-hydrogen) atoms. The molecule has 0 spiro atoms. The van der Waals surface area contributed by atoms with Crippen LogP contribution in [0.5, 0.6) is 0 Å². The first-order chi connectivity index (χ1) is 9.35. The fraction of sp³-hybridized carbons (Fsp3) is 0.533. The van der Waals surface area contributed by atoms with Gasteiger partial charge >= 0.3 is 6.09 Å². The molecule has 1 heterocycles. The van der Waals surface area contributed by atoms with Crippen LogP contribution in [0.25, 0.3) is 0 Å². The zero-order valence-electron chi connectivity index (χ0n) is 12.0. The van der Waals surface area contributed by atoms with Gasteiger partial charge in [-0.25, -0.2) is 4.79 Å². The minimum Gasteiger partial charge on any atom is -0.444 e. The molecule has 110 valence electrons. The largest absolute Gasteiger partial charge is 0.444 e. The predicted molar refractivity (Wildman–Crippen MR) is 86.2 cm³/mol. The highest BCUT2D eigenvalue weighted by molar-refractivity contribution is 9.10. The van der Waals surface area contributed by atoms with E-state index in [0.717, 1.165) is 23.1 Å². The molecule has 1 aromatic carbocycles. The number of hydrogen-bond donors (Lipinski definition) is 1. The van der Waals surface area contributed by atoms with E-state index in [9.17, 15) is 4.79 Å². The van der Waals surface area contributed by atoms with E-state index < -0.39 is 5.60 Å². The fourth-order valence-electron chi connectivity index (χ4n) is 2.15. The SMILES string of the molecule is CC(C)(C)OC(=O)NC1CCCSc2ccc(Br)cc21. The number of thioether (sulfide) groups is 1. The Labute approximate surface area is 133 Å². The number of halogens is 1. The zero-order valence-corrected chi connectivity index (χ0v) is 14.4. The highest BCUT2D eigenvalue weighted by Crippen LogP contribution is 2.36. The Morgan fingerprint density at radius 3 is 2.90 bits per heavy atom. The molecule has 1 N–H and O–H groups in total. The summed E-state index contributed by atoms with van der Waals surface area (Å²) >= 11 is 5.35. The Balaban J connectivity index is 2.16. The second-order valence-corrected chi connectivity index (χ2v) is 7.92. The summed E-state index contributed by atoms with van der Waals surface area (Å²) in [6.07, 6.45) is 1.67. The van der Waals surface area contributed by atoms with Crippen LogP contribution < -0.4 is 5.32 Å². The lowest BCUT2D eigenvalue weighted by atomic mass is 10.0. The number of fused-ring (bicyclic) bond motifs is 1. The maximum absolute atomic E-state index is 12.0. The van der Waals surface area contributed by atoms with E-state index in [2.05, 4.69) is 33.4 Å². The molecule has 1 amide bonds. The molecule has 0 aromatic heterocycles. The van der Waals surface area contributed by atoms with Gasteiger partial charge in [-0.15, -0.1) is 11.8 Å². The van der Waals surface area contributed by atoms with Crippen LogP contribution in [0.15, 0.2) is 27.6 Å². The van der Waals surface area contributed by atoms with Gasteiger partial charge in [0.25, 0.3) is 0 Å². The van der Waals surface area contributed by atoms with Gasteiger partial charge in [0.15, 0.2) is 0 Å². The van der Waals surface area contributed by atoms with E-state index in [-0.39, 0.29) is 12.1 Å². The van der Waals surface area contributed by atoms with Crippen molar-refractivity contribution in [3.05, 3.63) is 28.2 Å². The van der Waals surface area contributed by atoms with E-state index in [1.165, 1.54) is 10.5 Å². The van der Waals surface area contributed by atoms with Gasteiger partial charge in [0.05, 0.1) is 6.04 Å². The molecule has 1 aliphatic rings. The summed E-state index contributed by atoms with van der Waals surface area (Å²) in [5.74, 6) is 1.08. The van der Waals surface area contributed by atoms with Crippen LogP contribution in [0.3, 0.4) is 0 Å². The second-order valence-electron chi connectivity index (χ2n) is 5.87. The monoisotopic (exact) mass is 357 g/mol. The highest BCUT2D eigenvalue weighted by Gasteiger charge is 2.24. The second kappa shape index (κ2) is 6.39. The fourth-order valence-corrected chi connectivity index (χ4v) is 3.59. The van der Waals surface area contributed by atoms with Crippen LogP contribution in [0.2, 0.25) is 0 Å². The van der Waals surface area contributed by atoms with Crippen molar-refractivity contribution >= 4 is 33.8 Å². The third-order valence-corrected chi connectivity index (χ3v) is 4.60. The average molecular weight is 358 g/mol. The van der Waals surface area contributed by atoms with Crippen molar-refractivity contribution in [2.45, 2.75) is 50.2 Å². The Morgan fingerprint density at radius 1 is 1.45 bits per heavy atom. The quantitative estimate of drug-likeness (QED) is 0.776. The highest BCUT2D eigenvalue weighted by atomic mass is 79.9. The molecule has 3 nitrogen and oxygen atoms in total. The van der Waals surface area contributed by atoms with Gasteiger partial charge in [-0.3, -0.25) is 0 Å². The topological polar surface area (TPSA) is 38.3 Å². The summed E-state index contributed by atoms with van der Waals surface area (Å²) < 4.78 is 6.39. The van der Waals surface area contributed by atoms with Crippen molar-refractivity contribution < 1.29 is 9.53 Å². The Morgan fingerprint density at radius 2 is 2.20 bits per heavy atom. The normalized spacial score (nSPS) is 18.9. The molecule has 1 atom stereocenters. The molecular formula is C15H20BrNO2S. The van der Waals surface area contributed by atoms with Crippen molar-refractivity contribution in [1.29, 1.82) is 0 Å². The molecule has 0 fully saturated rings. The minimum atomic E-state index is -0.469. The summed E-state index contributed by atoms with van der Waals surface area (Å²) in [6.45, 7) is 5.63. The van der Waals surface area contributed by atoms with Gasteiger partial charge in [-0.2, -0.15) is 0 Å². The van der Waals surface area contributed by atoms with Gasteiger partial charge in [-0.1, -0.05) is 15.9 Å². The molecule has 0 aliphatic carbocycles.